The molecule has 3 atom stereocenters. The van der Waals surface area contributed by atoms with Gasteiger partial charge in [-0.05, 0) is 54.7 Å². The highest BCUT2D eigenvalue weighted by atomic mass is 16.5. The molecule has 1 aliphatic carbocycles. The van der Waals surface area contributed by atoms with E-state index in [0.29, 0.717) is 35.2 Å². The van der Waals surface area contributed by atoms with Crippen molar-refractivity contribution in [3.05, 3.63) is 139 Å². The van der Waals surface area contributed by atoms with Crippen LogP contribution in [0, 0.1) is 17.8 Å². The third-order valence-electron chi connectivity index (χ3n) is 9.42. The van der Waals surface area contributed by atoms with Gasteiger partial charge in [0.2, 0.25) is 18.0 Å². The molecular weight excluding hydrogens is 612 g/mol. The largest absolute Gasteiger partial charge is 0.457 e. The van der Waals surface area contributed by atoms with Crippen LogP contribution in [0.5, 0.6) is 11.5 Å². The highest BCUT2D eigenvalue weighted by molar-refractivity contribution is 6.20. The minimum atomic E-state index is -1.25. The van der Waals surface area contributed by atoms with Gasteiger partial charge in [0.15, 0.2) is 0 Å². The number of primary amides is 1. The average molecular weight is 655 g/mol. The fourth-order valence-corrected chi connectivity index (χ4v) is 6.99. The molecule has 3 N–H and O–H groups in total. The number of fused-ring (bicyclic) bond motifs is 1. The van der Waals surface area contributed by atoms with E-state index in [1.165, 1.54) is 0 Å². The molecule has 0 bridgehead atoms. The number of aliphatic imine (C=N–C) groups is 1. The predicted molar refractivity (Wildman–Crippen MR) is 192 cm³/mol. The topological polar surface area (TPSA) is 114 Å². The Morgan fingerprint density at radius 3 is 2.29 bits per heavy atom. The SMILES string of the molecule is C=CC[C@H](C(N)=O)[C@@H](CC1CCCC1)C(=O)NC1N=C(c2ccccc2)c2ccccc2N(Cc2cccc(Oc3ccccc3)c2)C1=O. The molecule has 4 aromatic rings. The summed E-state index contributed by atoms with van der Waals surface area (Å²) in [7, 11) is 0. The summed E-state index contributed by atoms with van der Waals surface area (Å²) in [5.41, 5.74) is 9.54. The summed E-state index contributed by atoms with van der Waals surface area (Å²) in [5, 5.41) is 2.99. The van der Waals surface area contributed by atoms with E-state index in [1.807, 2.05) is 109 Å². The van der Waals surface area contributed by atoms with Gasteiger partial charge in [-0.15, -0.1) is 6.58 Å². The van der Waals surface area contributed by atoms with Crippen molar-refractivity contribution in [1.29, 1.82) is 0 Å². The number of benzene rings is 4. The Morgan fingerprint density at radius 1 is 0.898 bits per heavy atom. The normalized spacial score (nSPS) is 17.3. The second-order valence-electron chi connectivity index (χ2n) is 12.8. The van der Waals surface area contributed by atoms with Gasteiger partial charge in [0.05, 0.1) is 29.8 Å². The van der Waals surface area contributed by atoms with Crippen LogP contribution >= 0.6 is 0 Å². The van der Waals surface area contributed by atoms with Crippen LogP contribution in [0.4, 0.5) is 5.69 Å². The quantitative estimate of drug-likeness (QED) is 0.149. The minimum absolute atomic E-state index is 0.206. The molecule has 250 valence electrons. The van der Waals surface area contributed by atoms with Gasteiger partial charge in [-0.25, -0.2) is 4.99 Å². The number of allylic oxidation sites excluding steroid dienone is 1. The van der Waals surface area contributed by atoms with Gasteiger partial charge in [-0.2, -0.15) is 0 Å². The molecule has 0 spiro atoms. The zero-order chi connectivity index (χ0) is 34.2. The zero-order valence-electron chi connectivity index (χ0n) is 27.5. The van der Waals surface area contributed by atoms with Crippen molar-refractivity contribution in [3.63, 3.8) is 0 Å². The first kappa shape index (κ1) is 33.4. The van der Waals surface area contributed by atoms with Crippen molar-refractivity contribution < 1.29 is 19.1 Å². The van der Waals surface area contributed by atoms with E-state index in [4.69, 9.17) is 15.5 Å². The number of carbonyl (C=O) groups excluding carboxylic acids is 3. The van der Waals surface area contributed by atoms with Gasteiger partial charge in [-0.1, -0.05) is 111 Å². The molecule has 0 saturated heterocycles. The molecule has 0 aromatic heterocycles. The third kappa shape index (κ3) is 7.97. The van der Waals surface area contributed by atoms with Crippen LogP contribution in [0.15, 0.2) is 127 Å². The van der Waals surface area contributed by atoms with Crippen molar-refractivity contribution in [2.24, 2.45) is 28.5 Å². The third-order valence-corrected chi connectivity index (χ3v) is 9.42. The standard InChI is InChI=1S/C41H42N4O4/c1-2-14-33(38(42)46)35(26-28-15-9-10-16-28)40(47)44-39-41(48)45(27-29-17-13-22-32(25-29)49-31-20-7-4-8-21-31)36-24-12-11-23-34(36)37(43-39)30-18-5-3-6-19-30/h2-8,11-13,17-25,28,33,35,39H,1,9-10,14-16,26-27H2,(H2,42,46)(H,44,47)/t33-,35+,39?/m0/s1. The number of hydrogen-bond acceptors (Lipinski definition) is 5. The summed E-state index contributed by atoms with van der Waals surface area (Å²) in [4.78, 5) is 48.3. The number of nitrogens with two attached hydrogens (primary N) is 1. The van der Waals surface area contributed by atoms with Crippen molar-refractivity contribution in [2.75, 3.05) is 4.90 Å². The summed E-state index contributed by atoms with van der Waals surface area (Å²) in [6.07, 6.45) is 5.35. The number of nitrogens with zero attached hydrogens (tertiary/aromatic N) is 2. The molecule has 3 amide bonds. The smallest absolute Gasteiger partial charge is 0.272 e. The van der Waals surface area contributed by atoms with E-state index in [9.17, 15) is 14.4 Å². The summed E-state index contributed by atoms with van der Waals surface area (Å²) >= 11 is 0. The average Bonchev–Trinajstić information content (AvgIpc) is 3.61. The molecule has 0 radical (unpaired) electrons. The molecule has 1 heterocycles. The molecule has 4 aromatic carbocycles. The van der Waals surface area contributed by atoms with E-state index in [-0.39, 0.29) is 18.9 Å². The first-order valence-corrected chi connectivity index (χ1v) is 17.0. The molecule has 8 nitrogen and oxygen atoms in total. The molecule has 1 saturated carbocycles. The maximum absolute atomic E-state index is 14.7. The number of ether oxygens (including phenoxy) is 1. The van der Waals surface area contributed by atoms with Crippen LogP contribution in [0.1, 0.15) is 55.2 Å². The molecule has 2 aliphatic rings. The summed E-state index contributed by atoms with van der Waals surface area (Å²) in [6.45, 7) is 4.02. The van der Waals surface area contributed by atoms with Gasteiger partial charge in [0.1, 0.15) is 11.5 Å². The Labute approximate surface area is 287 Å². The molecule has 6 rings (SSSR count). The maximum Gasteiger partial charge on any atom is 0.272 e. The zero-order valence-corrected chi connectivity index (χ0v) is 27.5. The lowest BCUT2D eigenvalue weighted by Crippen LogP contribution is -2.50. The second kappa shape index (κ2) is 15.6. The number of amides is 3. The number of carbonyl (C=O) groups is 3. The summed E-state index contributed by atoms with van der Waals surface area (Å²) in [5.74, 6) is -1.15. The van der Waals surface area contributed by atoms with Crippen LogP contribution in [0.3, 0.4) is 0 Å². The Balaban J connectivity index is 1.37. The van der Waals surface area contributed by atoms with E-state index in [2.05, 4.69) is 11.9 Å². The van der Waals surface area contributed by atoms with Gasteiger partial charge < -0.3 is 20.7 Å². The number of benzodiazepines with no additional fused rings is 1. The fraction of sp³-hybridized carbons (Fsp3) is 0.268. The van der Waals surface area contributed by atoms with E-state index in [0.717, 1.165) is 42.4 Å². The van der Waals surface area contributed by atoms with Crippen LogP contribution in [-0.2, 0) is 20.9 Å². The molecule has 49 heavy (non-hydrogen) atoms. The van der Waals surface area contributed by atoms with Crippen molar-refractivity contribution in [1.82, 2.24) is 5.32 Å². The number of hydrogen-bond donors (Lipinski definition) is 2. The minimum Gasteiger partial charge on any atom is -0.457 e. The Hall–Kier alpha value is -5.50. The fourth-order valence-electron chi connectivity index (χ4n) is 6.99. The number of para-hydroxylation sites is 2. The Bertz CT molecular complexity index is 1820. The highest BCUT2D eigenvalue weighted by Gasteiger charge is 2.38. The lowest BCUT2D eigenvalue weighted by molar-refractivity contribution is -0.135. The molecular formula is C41H42N4O4. The van der Waals surface area contributed by atoms with E-state index in [1.54, 1.807) is 11.0 Å². The van der Waals surface area contributed by atoms with Gasteiger partial charge in [-0.3, -0.25) is 14.4 Å². The monoisotopic (exact) mass is 654 g/mol. The van der Waals surface area contributed by atoms with E-state index >= 15 is 0 Å². The second-order valence-corrected chi connectivity index (χ2v) is 12.8. The van der Waals surface area contributed by atoms with Crippen LogP contribution in [0.25, 0.3) is 0 Å². The van der Waals surface area contributed by atoms with Gasteiger partial charge in [0, 0.05) is 11.1 Å². The van der Waals surface area contributed by atoms with E-state index < -0.39 is 29.8 Å². The first-order chi connectivity index (χ1) is 23.9. The van der Waals surface area contributed by atoms with Crippen molar-refractivity contribution in [3.8, 4) is 11.5 Å². The Kier molecular flexibility index (Phi) is 10.6. The predicted octanol–water partition coefficient (Wildman–Crippen LogP) is 7.18. The van der Waals surface area contributed by atoms with Crippen molar-refractivity contribution >= 4 is 29.1 Å². The lowest BCUT2D eigenvalue weighted by atomic mass is 9.80. The number of anilines is 1. The number of nitrogens with one attached hydrogen (secondary N) is 1. The van der Waals surface area contributed by atoms with Gasteiger partial charge in [0.25, 0.3) is 5.91 Å². The molecule has 1 fully saturated rings. The highest BCUT2D eigenvalue weighted by Crippen LogP contribution is 2.35. The van der Waals surface area contributed by atoms with Crippen LogP contribution in [0.2, 0.25) is 0 Å². The molecule has 1 unspecified atom stereocenters. The first-order valence-electron chi connectivity index (χ1n) is 17.0. The van der Waals surface area contributed by atoms with Crippen LogP contribution in [-0.4, -0.2) is 29.6 Å². The van der Waals surface area contributed by atoms with Crippen LogP contribution < -0.4 is 20.7 Å². The number of rotatable bonds is 13. The molecule has 1 aliphatic heterocycles. The van der Waals surface area contributed by atoms with Crippen molar-refractivity contribution in [2.45, 2.75) is 51.2 Å². The maximum atomic E-state index is 14.7. The Morgan fingerprint density at radius 2 is 1.57 bits per heavy atom. The summed E-state index contributed by atoms with van der Waals surface area (Å²) in [6, 6.07) is 34.4. The molecule has 8 heteroatoms. The van der Waals surface area contributed by atoms with Gasteiger partial charge >= 0.3 is 0 Å². The summed E-state index contributed by atoms with van der Waals surface area (Å²) < 4.78 is 6.09. The lowest BCUT2D eigenvalue weighted by Gasteiger charge is -2.29.